The maximum Gasteiger partial charge on any atom is 0.264 e. The van der Waals surface area contributed by atoms with E-state index in [0.29, 0.717) is 5.69 Å². The van der Waals surface area contributed by atoms with Crippen LogP contribution in [0.5, 0.6) is 5.75 Å². The quantitative estimate of drug-likeness (QED) is 0.816. The van der Waals surface area contributed by atoms with E-state index >= 15 is 0 Å². The van der Waals surface area contributed by atoms with Gasteiger partial charge in [0, 0.05) is 6.07 Å². The van der Waals surface area contributed by atoms with E-state index in [9.17, 15) is 13.2 Å². The first-order valence-electron chi connectivity index (χ1n) is 6.72. The van der Waals surface area contributed by atoms with Crippen molar-refractivity contribution in [3.63, 3.8) is 0 Å². The van der Waals surface area contributed by atoms with E-state index in [1.54, 1.807) is 30.4 Å². The fraction of sp³-hybridized carbons (Fsp3) is 0.125. The van der Waals surface area contributed by atoms with E-state index in [1.165, 1.54) is 25.3 Å². The summed E-state index contributed by atoms with van der Waals surface area (Å²) in [5.74, 6) is 0.114. The molecule has 2 rings (SSSR count). The number of aromatic nitrogens is 2. The van der Waals surface area contributed by atoms with Crippen molar-refractivity contribution >= 4 is 22.0 Å². The van der Waals surface area contributed by atoms with Gasteiger partial charge in [-0.15, -0.1) is 6.58 Å². The van der Waals surface area contributed by atoms with Crippen molar-refractivity contribution in [2.45, 2.75) is 4.90 Å². The van der Waals surface area contributed by atoms with E-state index in [2.05, 4.69) is 16.8 Å². The second-order valence-electron chi connectivity index (χ2n) is 4.66. The lowest BCUT2D eigenvalue weighted by Gasteiger charge is -2.09. The van der Waals surface area contributed by atoms with Gasteiger partial charge in [0.2, 0.25) is 0 Å². The molecule has 1 N–H and O–H groups in total. The van der Waals surface area contributed by atoms with Gasteiger partial charge in [-0.3, -0.25) is 4.79 Å². The standard InChI is InChI=1S/C16H16N2O4S/c1-3-10-23(20,21)15-8-5-12(11-14(15)22-2)4-6-13-7-9-16(19)18-17-13/h3-9,11H,1,10H2,2H3,(H,18,19)/b6-4+. The van der Waals surface area contributed by atoms with Crippen molar-refractivity contribution in [1.29, 1.82) is 0 Å². The Morgan fingerprint density at radius 2 is 2.04 bits per heavy atom. The molecule has 0 aliphatic heterocycles. The SMILES string of the molecule is C=CCS(=O)(=O)c1ccc(/C=C/c2ccc(=O)[nH]n2)cc1OC. The van der Waals surface area contributed by atoms with Crippen LogP contribution in [0, 0.1) is 0 Å². The summed E-state index contributed by atoms with van der Waals surface area (Å²) in [5, 5.41) is 6.19. The van der Waals surface area contributed by atoms with E-state index in [0.717, 1.165) is 5.56 Å². The first-order valence-corrected chi connectivity index (χ1v) is 8.37. The van der Waals surface area contributed by atoms with Gasteiger partial charge in [-0.2, -0.15) is 5.10 Å². The monoisotopic (exact) mass is 332 g/mol. The number of hydrogen-bond acceptors (Lipinski definition) is 5. The van der Waals surface area contributed by atoms with Crippen molar-refractivity contribution in [3.8, 4) is 5.75 Å². The summed E-state index contributed by atoms with van der Waals surface area (Å²) in [4.78, 5) is 11.1. The maximum atomic E-state index is 12.1. The minimum Gasteiger partial charge on any atom is -0.495 e. The van der Waals surface area contributed by atoms with Crippen LogP contribution in [0.15, 0.2) is 52.7 Å². The van der Waals surface area contributed by atoms with Gasteiger partial charge in [-0.25, -0.2) is 13.5 Å². The van der Waals surface area contributed by atoms with Crippen LogP contribution in [0.4, 0.5) is 0 Å². The van der Waals surface area contributed by atoms with Gasteiger partial charge in [0.25, 0.3) is 5.56 Å². The molecule has 0 unspecified atom stereocenters. The van der Waals surface area contributed by atoms with Crippen molar-refractivity contribution in [1.82, 2.24) is 10.2 Å². The van der Waals surface area contributed by atoms with Gasteiger partial charge in [-0.1, -0.05) is 18.2 Å². The lowest BCUT2D eigenvalue weighted by molar-refractivity contribution is 0.402. The van der Waals surface area contributed by atoms with Crippen molar-refractivity contribution < 1.29 is 13.2 Å². The largest absolute Gasteiger partial charge is 0.495 e. The minimum atomic E-state index is -3.46. The Labute approximate surface area is 134 Å². The molecule has 1 heterocycles. The molecule has 0 atom stereocenters. The zero-order valence-electron chi connectivity index (χ0n) is 12.5. The van der Waals surface area contributed by atoms with Crippen LogP contribution in [0.3, 0.4) is 0 Å². The van der Waals surface area contributed by atoms with Crippen molar-refractivity contribution in [2.24, 2.45) is 0 Å². The highest BCUT2D eigenvalue weighted by Gasteiger charge is 2.18. The molecule has 0 spiro atoms. The van der Waals surface area contributed by atoms with Gasteiger partial charge in [-0.05, 0) is 29.8 Å². The third-order valence-corrected chi connectivity index (χ3v) is 4.69. The van der Waals surface area contributed by atoms with Crippen LogP contribution in [-0.2, 0) is 9.84 Å². The molecule has 0 aliphatic carbocycles. The fourth-order valence-electron chi connectivity index (χ4n) is 1.92. The number of nitrogens with zero attached hydrogens (tertiary/aromatic N) is 1. The number of methoxy groups -OCH3 is 1. The highest BCUT2D eigenvalue weighted by molar-refractivity contribution is 7.91. The summed E-state index contributed by atoms with van der Waals surface area (Å²) < 4.78 is 29.4. The first kappa shape index (κ1) is 16.7. The molecule has 0 radical (unpaired) electrons. The topological polar surface area (TPSA) is 89.1 Å². The smallest absolute Gasteiger partial charge is 0.264 e. The average Bonchev–Trinajstić information content (AvgIpc) is 2.54. The lowest BCUT2D eigenvalue weighted by Crippen LogP contribution is -2.06. The average molecular weight is 332 g/mol. The Kier molecular flexibility index (Phi) is 5.13. The van der Waals surface area contributed by atoms with E-state index in [4.69, 9.17) is 4.74 Å². The second-order valence-corrected chi connectivity index (χ2v) is 6.66. The summed E-state index contributed by atoms with van der Waals surface area (Å²) >= 11 is 0. The first-order chi connectivity index (χ1) is 11.0. The van der Waals surface area contributed by atoms with E-state index < -0.39 is 9.84 Å². The third-order valence-electron chi connectivity index (χ3n) is 3.01. The molecule has 6 nitrogen and oxygen atoms in total. The highest BCUT2D eigenvalue weighted by atomic mass is 32.2. The Hall–Kier alpha value is -2.67. The number of H-pyrrole nitrogens is 1. The van der Waals surface area contributed by atoms with Crippen LogP contribution < -0.4 is 10.3 Å². The highest BCUT2D eigenvalue weighted by Crippen LogP contribution is 2.26. The Bertz CT molecular complexity index is 878. The zero-order valence-corrected chi connectivity index (χ0v) is 13.3. The fourth-order valence-corrected chi connectivity index (χ4v) is 3.13. The molecule has 2 aromatic rings. The van der Waals surface area contributed by atoms with Crippen LogP contribution in [-0.4, -0.2) is 31.5 Å². The van der Waals surface area contributed by atoms with Crippen LogP contribution in [0.25, 0.3) is 12.2 Å². The normalized spacial score (nSPS) is 11.5. The number of nitrogens with one attached hydrogen (secondary N) is 1. The van der Waals surface area contributed by atoms with Crippen molar-refractivity contribution in [3.05, 3.63) is 64.6 Å². The molecule has 23 heavy (non-hydrogen) atoms. The lowest BCUT2D eigenvalue weighted by atomic mass is 10.2. The van der Waals surface area contributed by atoms with Crippen LogP contribution >= 0.6 is 0 Å². The van der Waals surface area contributed by atoms with Gasteiger partial charge in [0.05, 0.1) is 18.6 Å². The maximum absolute atomic E-state index is 12.1. The number of ether oxygens (including phenoxy) is 1. The molecule has 0 fully saturated rings. The number of benzene rings is 1. The number of sulfone groups is 1. The predicted octanol–water partition coefficient (Wildman–Crippen LogP) is 1.91. The molecule has 0 saturated carbocycles. The summed E-state index contributed by atoms with van der Waals surface area (Å²) in [6, 6.07) is 7.74. The molecular formula is C16H16N2O4S. The number of aromatic amines is 1. The van der Waals surface area contributed by atoms with E-state index in [1.807, 2.05) is 0 Å². The Morgan fingerprint density at radius 3 is 2.65 bits per heavy atom. The molecule has 1 aromatic carbocycles. The van der Waals surface area contributed by atoms with E-state index in [-0.39, 0.29) is 22.0 Å². The molecule has 1 aromatic heterocycles. The van der Waals surface area contributed by atoms with Crippen LogP contribution in [0.2, 0.25) is 0 Å². The van der Waals surface area contributed by atoms with Gasteiger partial charge in [0.15, 0.2) is 9.84 Å². The molecule has 0 bridgehead atoms. The van der Waals surface area contributed by atoms with Crippen molar-refractivity contribution in [2.75, 3.05) is 12.9 Å². The zero-order chi connectivity index (χ0) is 16.9. The third kappa shape index (κ3) is 4.17. The van der Waals surface area contributed by atoms with Gasteiger partial charge in [0.1, 0.15) is 10.6 Å². The Morgan fingerprint density at radius 1 is 1.26 bits per heavy atom. The predicted molar refractivity (Wildman–Crippen MR) is 89.0 cm³/mol. The van der Waals surface area contributed by atoms with Gasteiger partial charge >= 0.3 is 0 Å². The minimum absolute atomic E-state index is 0.124. The summed E-state index contributed by atoms with van der Waals surface area (Å²) in [6.07, 6.45) is 4.78. The molecule has 7 heteroatoms. The molecule has 0 aliphatic rings. The molecular weight excluding hydrogens is 316 g/mol. The Balaban J connectivity index is 2.33. The second kappa shape index (κ2) is 7.06. The summed E-state index contributed by atoms with van der Waals surface area (Å²) in [5.41, 5.74) is 1.04. The number of rotatable bonds is 6. The summed E-state index contributed by atoms with van der Waals surface area (Å²) in [6.45, 7) is 3.45. The molecule has 0 saturated heterocycles. The van der Waals surface area contributed by atoms with Gasteiger partial charge < -0.3 is 4.74 Å². The van der Waals surface area contributed by atoms with Crippen LogP contribution in [0.1, 0.15) is 11.3 Å². The molecule has 0 amide bonds. The number of hydrogen-bond donors (Lipinski definition) is 1. The molecule has 120 valence electrons. The summed E-state index contributed by atoms with van der Waals surface area (Å²) in [7, 11) is -2.05.